The van der Waals surface area contributed by atoms with Crippen molar-refractivity contribution in [3.63, 3.8) is 0 Å². The molecular formula is C16H24O4. The molecule has 20 heavy (non-hydrogen) atoms. The van der Waals surface area contributed by atoms with Gasteiger partial charge in [0.25, 0.3) is 0 Å². The lowest BCUT2D eigenvalue weighted by molar-refractivity contribution is -0.119. The summed E-state index contributed by atoms with van der Waals surface area (Å²) >= 11 is 0. The van der Waals surface area contributed by atoms with Crippen LogP contribution in [0.3, 0.4) is 0 Å². The Balaban J connectivity index is 2.62. The molecule has 0 bridgehead atoms. The van der Waals surface area contributed by atoms with Crippen molar-refractivity contribution in [2.75, 3.05) is 21.3 Å². The summed E-state index contributed by atoms with van der Waals surface area (Å²) in [7, 11) is 4.85. The average molecular weight is 280 g/mol. The van der Waals surface area contributed by atoms with Crippen molar-refractivity contribution in [3.8, 4) is 11.5 Å². The molecule has 0 radical (unpaired) electrons. The fourth-order valence-corrected chi connectivity index (χ4v) is 1.85. The molecule has 1 rings (SSSR count). The number of hydrogen-bond donors (Lipinski definition) is 0. The van der Waals surface area contributed by atoms with E-state index in [2.05, 4.69) is 0 Å². The first-order valence-corrected chi connectivity index (χ1v) is 6.69. The number of carbonyl (C=O) groups excluding carboxylic acids is 1. The topological polar surface area (TPSA) is 44.8 Å². The van der Waals surface area contributed by atoms with E-state index in [9.17, 15) is 4.79 Å². The highest BCUT2D eigenvalue weighted by atomic mass is 16.5. The fraction of sp³-hybridized carbons (Fsp3) is 0.562. The smallest absolute Gasteiger partial charge is 0.161 e. The molecule has 0 saturated heterocycles. The van der Waals surface area contributed by atoms with Gasteiger partial charge in [0.05, 0.1) is 19.8 Å². The number of ether oxygens (including phenoxy) is 3. The zero-order chi connectivity index (χ0) is 15.2. The second kappa shape index (κ2) is 7.29. The van der Waals surface area contributed by atoms with Gasteiger partial charge in [-0.05, 0) is 38.0 Å². The Hall–Kier alpha value is -1.55. The monoisotopic (exact) mass is 280 g/mol. The van der Waals surface area contributed by atoms with Crippen molar-refractivity contribution in [2.24, 2.45) is 0 Å². The summed E-state index contributed by atoms with van der Waals surface area (Å²) in [5.74, 6) is 1.52. The minimum atomic E-state index is -0.257. The SMILES string of the molecule is COc1ccc(CC(=O)CCC(C)(C)OC)cc1OC. The molecule has 0 aliphatic carbocycles. The van der Waals surface area contributed by atoms with E-state index in [0.717, 1.165) is 12.0 Å². The van der Waals surface area contributed by atoms with Crippen LogP contribution in [-0.2, 0) is 16.0 Å². The van der Waals surface area contributed by atoms with Gasteiger partial charge >= 0.3 is 0 Å². The summed E-state index contributed by atoms with van der Waals surface area (Å²) in [4.78, 5) is 12.0. The van der Waals surface area contributed by atoms with Crippen molar-refractivity contribution >= 4 is 5.78 Å². The van der Waals surface area contributed by atoms with Crippen molar-refractivity contribution in [3.05, 3.63) is 23.8 Å². The highest BCUT2D eigenvalue weighted by Gasteiger charge is 2.18. The molecule has 4 nitrogen and oxygen atoms in total. The van der Waals surface area contributed by atoms with Crippen LogP contribution in [0, 0.1) is 0 Å². The van der Waals surface area contributed by atoms with Gasteiger partial charge < -0.3 is 14.2 Å². The Kier molecular flexibility index (Phi) is 6.02. The molecule has 0 aromatic heterocycles. The van der Waals surface area contributed by atoms with Gasteiger partial charge in [-0.2, -0.15) is 0 Å². The zero-order valence-corrected chi connectivity index (χ0v) is 13.0. The zero-order valence-electron chi connectivity index (χ0n) is 13.0. The fourth-order valence-electron chi connectivity index (χ4n) is 1.85. The van der Waals surface area contributed by atoms with Gasteiger partial charge in [0, 0.05) is 20.0 Å². The van der Waals surface area contributed by atoms with E-state index in [0.29, 0.717) is 24.3 Å². The summed E-state index contributed by atoms with van der Waals surface area (Å²) in [6, 6.07) is 5.56. The normalized spacial score (nSPS) is 11.2. The van der Waals surface area contributed by atoms with Crippen LogP contribution >= 0.6 is 0 Å². The second-order valence-electron chi connectivity index (χ2n) is 5.37. The Bertz CT molecular complexity index is 452. The molecule has 0 heterocycles. The van der Waals surface area contributed by atoms with E-state index in [1.807, 2.05) is 32.0 Å². The number of hydrogen-bond acceptors (Lipinski definition) is 4. The van der Waals surface area contributed by atoms with Crippen molar-refractivity contribution in [2.45, 2.75) is 38.7 Å². The number of Topliss-reactive ketones (excluding diaryl/α,β-unsaturated/α-hetero) is 1. The maximum atomic E-state index is 12.0. The molecule has 0 unspecified atom stereocenters. The van der Waals surface area contributed by atoms with Crippen LogP contribution in [0.5, 0.6) is 11.5 Å². The van der Waals surface area contributed by atoms with Crippen molar-refractivity contribution in [1.29, 1.82) is 0 Å². The number of carbonyl (C=O) groups is 1. The average Bonchev–Trinajstić information content (AvgIpc) is 2.45. The van der Waals surface area contributed by atoms with Crippen molar-refractivity contribution < 1.29 is 19.0 Å². The number of rotatable bonds is 8. The molecule has 0 saturated carbocycles. The molecule has 0 fully saturated rings. The second-order valence-corrected chi connectivity index (χ2v) is 5.37. The summed E-state index contributed by atoms with van der Waals surface area (Å²) in [5, 5.41) is 0. The van der Waals surface area contributed by atoms with Crippen LogP contribution in [0.15, 0.2) is 18.2 Å². The van der Waals surface area contributed by atoms with Gasteiger partial charge in [-0.15, -0.1) is 0 Å². The minimum absolute atomic E-state index is 0.197. The van der Waals surface area contributed by atoms with Gasteiger partial charge in [-0.3, -0.25) is 4.79 Å². The van der Waals surface area contributed by atoms with Crippen LogP contribution in [0.2, 0.25) is 0 Å². The third kappa shape index (κ3) is 4.85. The van der Waals surface area contributed by atoms with E-state index < -0.39 is 0 Å². The molecule has 112 valence electrons. The van der Waals surface area contributed by atoms with Gasteiger partial charge in [0.1, 0.15) is 5.78 Å². The highest BCUT2D eigenvalue weighted by Crippen LogP contribution is 2.28. The quantitative estimate of drug-likeness (QED) is 0.734. The largest absolute Gasteiger partial charge is 0.493 e. The molecule has 1 aromatic rings. The Morgan fingerprint density at radius 2 is 1.75 bits per heavy atom. The molecule has 0 spiro atoms. The summed E-state index contributed by atoms with van der Waals surface area (Å²) < 4.78 is 15.7. The van der Waals surface area contributed by atoms with Crippen LogP contribution in [-0.4, -0.2) is 32.7 Å². The molecule has 0 aliphatic heterocycles. The predicted molar refractivity (Wildman–Crippen MR) is 78.6 cm³/mol. The standard InChI is InChI=1S/C16H24O4/c1-16(2,20-5)9-8-13(17)10-12-6-7-14(18-3)15(11-12)19-4/h6-7,11H,8-10H2,1-5H3. The number of methoxy groups -OCH3 is 3. The molecule has 0 N–H and O–H groups in total. The van der Waals surface area contributed by atoms with E-state index in [4.69, 9.17) is 14.2 Å². The van der Waals surface area contributed by atoms with Crippen LogP contribution in [0.4, 0.5) is 0 Å². The maximum Gasteiger partial charge on any atom is 0.161 e. The number of ketones is 1. The first-order valence-electron chi connectivity index (χ1n) is 6.69. The number of benzene rings is 1. The highest BCUT2D eigenvalue weighted by molar-refractivity contribution is 5.81. The van der Waals surface area contributed by atoms with E-state index >= 15 is 0 Å². The molecular weight excluding hydrogens is 256 g/mol. The lowest BCUT2D eigenvalue weighted by Gasteiger charge is -2.22. The Morgan fingerprint density at radius 3 is 2.30 bits per heavy atom. The van der Waals surface area contributed by atoms with Crippen LogP contribution in [0.25, 0.3) is 0 Å². The summed E-state index contributed by atoms with van der Waals surface area (Å²) in [6.45, 7) is 3.97. The molecule has 1 aromatic carbocycles. The molecule has 0 aliphatic rings. The van der Waals surface area contributed by atoms with E-state index in [1.165, 1.54) is 0 Å². The first kappa shape index (κ1) is 16.5. The van der Waals surface area contributed by atoms with Gasteiger partial charge in [-0.1, -0.05) is 6.07 Å². The lowest BCUT2D eigenvalue weighted by atomic mass is 9.98. The van der Waals surface area contributed by atoms with Gasteiger partial charge in [0.15, 0.2) is 11.5 Å². The molecule has 0 amide bonds. The van der Waals surface area contributed by atoms with E-state index in [-0.39, 0.29) is 11.4 Å². The van der Waals surface area contributed by atoms with Crippen molar-refractivity contribution in [1.82, 2.24) is 0 Å². The minimum Gasteiger partial charge on any atom is -0.493 e. The van der Waals surface area contributed by atoms with Crippen LogP contribution < -0.4 is 9.47 Å². The lowest BCUT2D eigenvalue weighted by Crippen LogP contribution is -2.23. The summed E-state index contributed by atoms with van der Waals surface area (Å²) in [5.41, 5.74) is 0.677. The van der Waals surface area contributed by atoms with Gasteiger partial charge in [-0.25, -0.2) is 0 Å². The summed E-state index contributed by atoms with van der Waals surface area (Å²) in [6.07, 6.45) is 1.63. The van der Waals surface area contributed by atoms with Gasteiger partial charge in [0.2, 0.25) is 0 Å². The van der Waals surface area contributed by atoms with Crippen LogP contribution in [0.1, 0.15) is 32.3 Å². The maximum absolute atomic E-state index is 12.0. The third-order valence-corrected chi connectivity index (χ3v) is 3.41. The van der Waals surface area contributed by atoms with E-state index in [1.54, 1.807) is 21.3 Å². The first-order chi connectivity index (χ1) is 9.41. The molecule has 0 atom stereocenters. The predicted octanol–water partition coefficient (Wildman–Crippen LogP) is 3.02. The Morgan fingerprint density at radius 1 is 1.10 bits per heavy atom. The Labute approximate surface area is 121 Å². The molecule has 4 heteroatoms. The third-order valence-electron chi connectivity index (χ3n) is 3.41.